The summed E-state index contributed by atoms with van der Waals surface area (Å²) in [6, 6.07) is 9.31. The van der Waals surface area contributed by atoms with Gasteiger partial charge >= 0.3 is 0 Å². The molecule has 2 aromatic carbocycles. The zero-order chi connectivity index (χ0) is 23.6. The van der Waals surface area contributed by atoms with E-state index in [1.165, 1.54) is 25.3 Å². The number of anilines is 1. The Morgan fingerprint density at radius 2 is 1.69 bits per heavy atom. The number of Topliss-reactive ketones (excluding diaryl/α,β-unsaturated/α-hetero) is 1. The van der Waals surface area contributed by atoms with E-state index in [0.717, 1.165) is 0 Å². The maximum Gasteiger partial charge on any atom is 0.246 e. The molecule has 1 aliphatic rings. The minimum absolute atomic E-state index is 0.138. The summed E-state index contributed by atoms with van der Waals surface area (Å²) in [6.45, 7) is -0.442. The van der Waals surface area contributed by atoms with Crippen LogP contribution in [0.15, 0.2) is 36.4 Å². The number of amides is 2. The fourth-order valence-corrected chi connectivity index (χ4v) is 4.91. The SMILES string of the molecule is COCC(=O)NCC(=O)c1cc(NC(=O)C2C(c3cc(Cl)cc(Cl)c3)C2(Cl)Cl)ccc1Cl. The Hall–Kier alpha value is -1.54. The molecule has 170 valence electrons. The zero-order valence-electron chi connectivity index (χ0n) is 16.6. The summed E-state index contributed by atoms with van der Waals surface area (Å²) in [5.41, 5.74) is 1.11. The van der Waals surface area contributed by atoms with Crippen LogP contribution in [0.5, 0.6) is 0 Å². The number of methoxy groups -OCH3 is 1. The molecule has 0 saturated heterocycles. The predicted octanol–water partition coefficient (Wildman–Crippen LogP) is 5.12. The molecular formula is C21H17Cl5N2O4. The number of rotatable bonds is 8. The van der Waals surface area contributed by atoms with E-state index < -0.39 is 33.8 Å². The van der Waals surface area contributed by atoms with E-state index in [0.29, 0.717) is 21.3 Å². The molecule has 0 bridgehead atoms. The summed E-state index contributed by atoms with van der Waals surface area (Å²) in [4.78, 5) is 36.8. The normalized spacial score (nSPS) is 18.7. The quantitative estimate of drug-likeness (QED) is 0.361. The molecule has 11 heteroatoms. The Bertz CT molecular complexity index is 1060. The van der Waals surface area contributed by atoms with E-state index in [1.54, 1.807) is 18.2 Å². The van der Waals surface area contributed by atoms with Crippen LogP contribution in [0, 0.1) is 5.92 Å². The van der Waals surface area contributed by atoms with Crippen molar-refractivity contribution in [2.45, 2.75) is 10.3 Å². The highest BCUT2D eigenvalue weighted by atomic mass is 35.5. The highest BCUT2D eigenvalue weighted by Crippen LogP contribution is 2.65. The molecule has 2 atom stereocenters. The number of hydrogen-bond acceptors (Lipinski definition) is 4. The second kappa shape index (κ2) is 10.2. The Labute approximate surface area is 209 Å². The average Bonchev–Trinajstić information content (AvgIpc) is 3.29. The largest absolute Gasteiger partial charge is 0.375 e. The van der Waals surface area contributed by atoms with E-state index in [4.69, 9.17) is 62.7 Å². The summed E-state index contributed by atoms with van der Waals surface area (Å²) >= 11 is 31.0. The van der Waals surface area contributed by atoms with Gasteiger partial charge in [0.15, 0.2) is 5.78 Å². The minimum Gasteiger partial charge on any atom is -0.375 e. The van der Waals surface area contributed by atoms with Crippen LogP contribution < -0.4 is 10.6 Å². The van der Waals surface area contributed by atoms with Gasteiger partial charge in [0.1, 0.15) is 10.9 Å². The summed E-state index contributed by atoms with van der Waals surface area (Å²) in [5.74, 6) is -2.58. The van der Waals surface area contributed by atoms with Crippen molar-refractivity contribution in [3.05, 3.63) is 62.6 Å². The smallest absolute Gasteiger partial charge is 0.246 e. The van der Waals surface area contributed by atoms with Gasteiger partial charge in [0.25, 0.3) is 0 Å². The first kappa shape index (κ1) is 25.1. The van der Waals surface area contributed by atoms with Gasteiger partial charge in [0.2, 0.25) is 11.8 Å². The molecule has 2 aromatic rings. The van der Waals surface area contributed by atoms with Crippen molar-refractivity contribution < 1.29 is 19.1 Å². The van der Waals surface area contributed by atoms with Crippen LogP contribution in [0.1, 0.15) is 21.8 Å². The molecule has 1 fully saturated rings. The van der Waals surface area contributed by atoms with Crippen LogP contribution in [0.3, 0.4) is 0 Å². The number of carbonyl (C=O) groups excluding carboxylic acids is 3. The molecule has 0 radical (unpaired) electrons. The third-order valence-corrected chi connectivity index (χ3v) is 6.54. The number of nitrogens with one attached hydrogen (secondary N) is 2. The van der Waals surface area contributed by atoms with E-state index in [-0.39, 0.29) is 23.7 Å². The minimum atomic E-state index is -1.34. The van der Waals surface area contributed by atoms with Crippen molar-refractivity contribution in [1.29, 1.82) is 0 Å². The van der Waals surface area contributed by atoms with E-state index in [2.05, 4.69) is 10.6 Å². The van der Waals surface area contributed by atoms with E-state index in [9.17, 15) is 14.4 Å². The lowest BCUT2D eigenvalue weighted by Gasteiger charge is -2.10. The topological polar surface area (TPSA) is 84.5 Å². The molecule has 6 nitrogen and oxygen atoms in total. The van der Waals surface area contributed by atoms with Crippen LogP contribution in [0.2, 0.25) is 15.1 Å². The maximum absolute atomic E-state index is 12.9. The van der Waals surface area contributed by atoms with Crippen LogP contribution in [0.25, 0.3) is 0 Å². The number of benzene rings is 2. The fourth-order valence-electron chi connectivity index (χ4n) is 3.32. The lowest BCUT2D eigenvalue weighted by atomic mass is 10.1. The first-order chi connectivity index (χ1) is 15.0. The lowest BCUT2D eigenvalue weighted by molar-refractivity contribution is -0.124. The average molecular weight is 539 g/mol. The van der Waals surface area contributed by atoms with Gasteiger partial charge in [0, 0.05) is 34.3 Å². The first-order valence-corrected chi connectivity index (χ1v) is 11.2. The summed E-state index contributed by atoms with van der Waals surface area (Å²) in [7, 11) is 1.37. The van der Waals surface area contributed by atoms with Crippen molar-refractivity contribution in [2.75, 3.05) is 25.6 Å². The van der Waals surface area contributed by atoms with Gasteiger partial charge in [-0.05, 0) is 42.0 Å². The predicted molar refractivity (Wildman–Crippen MR) is 126 cm³/mol. The van der Waals surface area contributed by atoms with Crippen molar-refractivity contribution in [1.82, 2.24) is 5.32 Å². The maximum atomic E-state index is 12.9. The molecule has 0 aliphatic heterocycles. The fraction of sp³-hybridized carbons (Fsp3) is 0.286. The summed E-state index contributed by atoms with van der Waals surface area (Å²) in [6.07, 6.45) is 0. The van der Waals surface area contributed by atoms with Gasteiger partial charge in [-0.15, -0.1) is 23.2 Å². The summed E-state index contributed by atoms with van der Waals surface area (Å²) in [5, 5.41) is 6.11. The number of alkyl halides is 2. The van der Waals surface area contributed by atoms with E-state index in [1.807, 2.05) is 0 Å². The van der Waals surface area contributed by atoms with Crippen LogP contribution in [-0.2, 0) is 14.3 Å². The number of halogens is 5. The number of carbonyl (C=O) groups is 3. The number of hydrogen-bond donors (Lipinski definition) is 2. The Kier molecular flexibility index (Phi) is 7.97. The molecule has 1 aliphatic carbocycles. The monoisotopic (exact) mass is 536 g/mol. The van der Waals surface area contributed by atoms with Crippen LogP contribution >= 0.6 is 58.0 Å². The first-order valence-electron chi connectivity index (χ1n) is 9.27. The van der Waals surface area contributed by atoms with Gasteiger partial charge < -0.3 is 15.4 Å². The van der Waals surface area contributed by atoms with Gasteiger partial charge in [-0.3, -0.25) is 14.4 Å². The second-order valence-electron chi connectivity index (χ2n) is 7.15. The lowest BCUT2D eigenvalue weighted by Crippen LogP contribution is -2.32. The molecule has 32 heavy (non-hydrogen) atoms. The Morgan fingerprint density at radius 1 is 1.03 bits per heavy atom. The third kappa shape index (κ3) is 5.68. The third-order valence-electron chi connectivity index (χ3n) is 4.84. The van der Waals surface area contributed by atoms with Gasteiger partial charge in [-0.25, -0.2) is 0 Å². The number of ketones is 1. The Morgan fingerprint density at radius 3 is 2.31 bits per heavy atom. The Balaban J connectivity index is 1.72. The highest BCUT2D eigenvalue weighted by Gasteiger charge is 2.67. The van der Waals surface area contributed by atoms with E-state index >= 15 is 0 Å². The van der Waals surface area contributed by atoms with Crippen LogP contribution in [0.4, 0.5) is 5.69 Å². The molecule has 2 amide bonds. The molecule has 3 rings (SSSR count). The van der Waals surface area contributed by atoms with Crippen molar-refractivity contribution in [3.63, 3.8) is 0 Å². The van der Waals surface area contributed by atoms with Crippen LogP contribution in [-0.4, -0.2) is 42.2 Å². The van der Waals surface area contributed by atoms with Gasteiger partial charge in [-0.2, -0.15) is 0 Å². The molecule has 2 unspecified atom stereocenters. The highest BCUT2D eigenvalue weighted by molar-refractivity contribution is 6.53. The molecule has 0 spiro atoms. The van der Waals surface area contributed by atoms with Crippen molar-refractivity contribution in [3.8, 4) is 0 Å². The summed E-state index contributed by atoms with van der Waals surface area (Å²) < 4.78 is 3.36. The molecule has 1 saturated carbocycles. The molecular weight excluding hydrogens is 522 g/mol. The zero-order valence-corrected chi connectivity index (χ0v) is 20.3. The van der Waals surface area contributed by atoms with Gasteiger partial charge in [0.05, 0.1) is 17.5 Å². The number of ether oxygens (including phenoxy) is 1. The van der Waals surface area contributed by atoms with Crippen molar-refractivity contribution in [2.24, 2.45) is 5.92 Å². The molecule has 2 N–H and O–H groups in total. The standard InChI is InChI=1S/C21H17Cl5N2O4/c1-32-9-17(30)27-8-16(29)14-7-13(2-3-15(14)24)28-20(31)19-18(21(19,25)26)10-4-11(22)6-12(23)5-10/h2-7,18-19H,8-9H2,1H3,(H,27,30)(H,28,31). The van der Waals surface area contributed by atoms with Gasteiger partial charge in [-0.1, -0.05) is 34.8 Å². The molecule has 0 heterocycles. The van der Waals surface area contributed by atoms with Crippen molar-refractivity contribution >= 4 is 81.3 Å². The second-order valence-corrected chi connectivity index (χ2v) is 9.87. The molecule has 0 aromatic heterocycles.